The molecule has 3 N–H and O–H groups in total. The van der Waals surface area contributed by atoms with Gasteiger partial charge in [-0.15, -0.1) is 24.8 Å². The summed E-state index contributed by atoms with van der Waals surface area (Å²) in [6.07, 6.45) is 5.32. The lowest BCUT2D eigenvalue weighted by Crippen LogP contribution is -2.47. The van der Waals surface area contributed by atoms with Crippen LogP contribution in [0.3, 0.4) is 0 Å². The summed E-state index contributed by atoms with van der Waals surface area (Å²) in [5.74, 6) is 0.785. The molecule has 1 aromatic rings. The number of nitrogens with one attached hydrogen (secondary N) is 1. The van der Waals surface area contributed by atoms with Gasteiger partial charge in [-0.2, -0.15) is 0 Å². The molecule has 1 heterocycles. The monoisotopic (exact) mass is 373 g/mol. The molecule has 2 aliphatic rings. The Labute approximate surface area is 157 Å². The molecule has 3 rings (SSSR count). The lowest BCUT2D eigenvalue weighted by atomic mass is 9.94. The van der Waals surface area contributed by atoms with Crippen molar-refractivity contribution in [2.45, 2.75) is 38.1 Å². The molecule has 0 spiro atoms. The quantitative estimate of drug-likeness (QED) is 0.852. The predicted octanol–water partition coefficient (Wildman–Crippen LogP) is 2.99. The number of piperidine rings is 1. The average Bonchev–Trinajstić information content (AvgIpc) is 3.05. The predicted molar refractivity (Wildman–Crippen MR) is 104 cm³/mol. The summed E-state index contributed by atoms with van der Waals surface area (Å²) in [5, 5.41) is 3.28. The molecular formula is C18H29Cl2N3O. The molecule has 4 nitrogen and oxygen atoms in total. The highest BCUT2D eigenvalue weighted by Gasteiger charge is 2.33. The smallest absolute Gasteiger partial charge is 0.223 e. The van der Waals surface area contributed by atoms with E-state index in [-0.39, 0.29) is 36.6 Å². The maximum atomic E-state index is 12.5. The van der Waals surface area contributed by atoms with Gasteiger partial charge in [-0.05, 0) is 50.3 Å². The first-order valence-electron chi connectivity index (χ1n) is 8.58. The second kappa shape index (κ2) is 10.1. The minimum absolute atomic E-state index is 0. The number of hydrogen-bond acceptors (Lipinski definition) is 3. The van der Waals surface area contributed by atoms with Gasteiger partial charge < -0.3 is 16.0 Å². The van der Waals surface area contributed by atoms with E-state index in [0.717, 1.165) is 45.2 Å². The van der Waals surface area contributed by atoms with Gasteiger partial charge in [-0.3, -0.25) is 4.79 Å². The van der Waals surface area contributed by atoms with Crippen LogP contribution in [0.2, 0.25) is 0 Å². The van der Waals surface area contributed by atoms with E-state index in [1.807, 2.05) is 6.07 Å². The molecule has 2 atom stereocenters. The second-order valence-electron chi connectivity index (χ2n) is 6.64. The topological polar surface area (TPSA) is 58.4 Å². The van der Waals surface area contributed by atoms with Crippen LogP contribution in [0.4, 0.5) is 5.69 Å². The summed E-state index contributed by atoms with van der Waals surface area (Å²) < 4.78 is 0. The van der Waals surface area contributed by atoms with Crippen molar-refractivity contribution in [3.8, 4) is 0 Å². The van der Waals surface area contributed by atoms with Crippen molar-refractivity contribution in [3.63, 3.8) is 0 Å². The van der Waals surface area contributed by atoms with Crippen LogP contribution in [0.1, 0.15) is 32.1 Å². The molecule has 1 saturated carbocycles. The number of carbonyl (C=O) groups is 1. The van der Waals surface area contributed by atoms with Gasteiger partial charge in [0.05, 0.1) is 0 Å². The lowest BCUT2D eigenvalue weighted by molar-refractivity contribution is -0.126. The highest BCUT2D eigenvalue weighted by Crippen LogP contribution is 2.31. The van der Waals surface area contributed by atoms with Crippen molar-refractivity contribution in [2.24, 2.45) is 17.6 Å². The van der Waals surface area contributed by atoms with Crippen LogP contribution in [0.15, 0.2) is 30.3 Å². The number of anilines is 1. The van der Waals surface area contributed by atoms with E-state index < -0.39 is 0 Å². The number of nitrogens with two attached hydrogens (primary N) is 1. The fraction of sp³-hybridized carbons (Fsp3) is 0.611. The van der Waals surface area contributed by atoms with E-state index >= 15 is 0 Å². The SMILES string of the molecule is Cl.Cl.NC[C@H]1CCC[C@H]1C(=O)NC1CCN(c2ccccc2)CC1. The van der Waals surface area contributed by atoms with Gasteiger partial charge in [0.15, 0.2) is 0 Å². The van der Waals surface area contributed by atoms with Crippen molar-refractivity contribution >= 4 is 36.4 Å². The number of hydrogen-bond donors (Lipinski definition) is 2. The third-order valence-corrected chi connectivity index (χ3v) is 5.26. The van der Waals surface area contributed by atoms with Gasteiger partial charge in [0.25, 0.3) is 0 Å². The Morgan fingerprint density at radius 2 is 1.75 bits per heavy atom. The zero-order chi connectivity index (χ0) is 15.4. The van der Waals surface area contributed by atoms with Crippen molar-refractivity contribution in [1.29, 1.82) is 0 Å². The van der Waals surface area contributed by atoms with Crippen LogP contribution >= 0.6 is 24.8 Å². The molecule has 1 aliphatic carbocycles. The zero-order valence-corrected chi connectivity index (χ0v) is 15.7. The van der Waals surface area contributed by atoms with E-state index in [0.29, 0.717) is 18.5 Å². The highest BCUT2D eigenvalue weighted by atomic mass is 35.5. The van der Waals surface area contributed by atoms with Crippen molar-refractivity contribution in [3.05, 3.63) is 30.3 Å². The Balaban J connectivity index is 0.00000144. The number of amides is 1. The third kappa shape index (κ3) is 5.01. The van der Waals surface area contributed by atoms with Gasteiger partial charge in [0, 0.05) is 30.7 Å². The Bertz CT molecular complexity index is 492. The van der Waals surface area contributed by atoms with Crippen LogP contribution in [0.5, 0.6) is 0 Å². The van der Waals surface area contributed by atoms with Gasteiger partial charge in [-0.1, -0.05) is 24.6 Å². The molecule has 136 valence electrons. The maximum absolute atomic E-state index is 12.5. The minimum atomic E-state index is 0. The van der Waals surface area contributed by atoms with Crippen LogP contribution in [-0.2, 0) is 4.79 Å². The summed E-state index contributed by atoms with van der Waals surface area (Å²) in [6, 6.07) is 10.8. The number of halogens is 2. The van der Waals surface area contributed by atoms with Gasteiger partial charge in [0.1, 0.15) is 0 Å². The normalized spacial score (nSPS) is 24.0. The molecule has 1 aliphatic heterocycles. The van der Waals surface area contributed by atoms with Gasteiger partial charge in [-0.25, -0.2) is 0 Å². The van der Waals surface area contributed by atoms with E-state index in [4.69, 9.17) is 5.73 Å². The molecule has 1 amide bonds. The Morgan fingerprint density at radius 3 is 2.38 bits per heavy atom. The van der Waals surface area contributed by atoms with E-state index in [2.05, 4.69) is 34.5 Å². The molecule has 1 aromatic carbocycles. The number of para-hydroxylation sites is 1. The fourth-order valence-corrected chi connectivity index (χ4v) is 3.89. The summed E-state index contributed by atoms with van der Waals surface area (Å²) in [6.45, 7) is 2.67. The second-order valence-corrected chi connectivity index (χ2v) is 6.64. The standard InChI is InChI=1S/C18H27N3O.2ClH/c19-13-14-5-4-8-17(14)18(22)20-15-9-11-21(12-10-15)16-6-2-1-3-7-16;;/h1-3,6-7,14-15,17H,4-5,8-13,19H2,(H,20,22);2*1H/t14-,17-;;/m1../s1. The van der Waals surface area contributed by atoms with Crippen molar-refractivity contribution in [2.75, 3.05) is 24.5 Å². The number of nitrogens with zero attached hydrogens (tertiary/aromatic N) is 1. The van der Waals surface area contributed by atoms with E-state index in [9.17, 15) is 4.79 Å². The molecule has 2 fully saturated rings. The molecule has 0 bridgehead atoms. The molecular weight excluding hydrogens is 345 g/mol. The summed E-state index contributed by atoms with van der Waals surface area (Å²) in [7, 11) is 0. The van der Waals surface area contributed by atoms with Crippen molar-refractivity contribution in [1.82, 2.24) is 5.32 Å². The van der Waals surface area contributed by atoms with E-state index in [1.54, 1.807) is 0 Å². The number of benzene rings is 1. The molecule has 6 heteroatoms. The Hall–Kier alpha value is -0.970. The van der Waals surface area contributed by atoms with Gasteiger partial charge >= 0.3 is 0 Å². The van der Waals surface area contributed by atoms with Gasteiger partial charge in [0.2, 0.25) is 5.91 Å². The summed E-state index contributed by atoms with van der Waals surface area (Å²) in [4.78, 5) is 14.9. The van der Waals surface area contributed by atoms with Crippen LogP contribution in [-0.4, -0.2) is 31.6 Å². The largest absolute Gasteiger partial charge is 0.371 e. The maximum Gasteiger partial charge on any atom is 0.223 e. The first kappa shape index (κ1) is 21.1. The van der Waals surface area contributed by atoms with Crippen molar-refractivity contribution < 1.29 is 4.79 Å². The zero-order valence-electron chi connectivity index (χ0n) is 14.0. The fourth-order valence-electron chi connectivity index (χ4n) is 3.89. The first-order valence-corrected chi connectivity index (χ1v) is 8.58. The van der Waals surface area contributed by atoms with Crippen LogP contribution in [0, 0.1) is 11.8 Å². The number of rotatable bonds is 4. The first-order chi connectivity index (χ1) is 10.8. The molecule has 0 radical (unpaired) electrons. The minimum Gasteiger partial charge on any atom is -0.371 e. The third-order valence-electron chi connectivity index (χ3n) is 5.26. The molecule has 0 aromatic heterocycles. The lowest BCUT2D eigenvalue weighted by Gasteiger charge is -2.34. The Morgan fingerprint density at radius 1 is 1.08 bits per heavy atom. The Kier molecular flexibility index (Phi) is 8.88. The summed E-state index contributed by atoms with van der Waals surface area (Å²) >= 11 is 0. The highest BCUT2D eigenvalue weighted by molar-refractivity contribution is 5.85. The van der Waals surface area contributed by atoms with Crippen LogP contribution in [0.25, 0.3) is 0 Å². The van der Waals surface area contributed by atoms with Crippen LogP contribution < -0.4 is 16.0 Å². The summed E-state index contributed by atoms with van der Waals surface area (Å²) in [5.41, 5.74) is 7.07. The average molecular weight is 374 g/mol. The number of carbonyl (C=O) groups excluding carboxylic acids is 1. The molecule has 24 heavy (non-hydrogen) atoms. The molecule has 0 unspecified atom stereocenters. The molecule has 1 saturated heterocycles. The van der Waals surface area contributed by atoms with E-state index in [1.165, 1.54) is 5.69 Å².